The number of aromatic nitrogens is 1. The molecule has 1 heterocycles. The Labute approximate surface area is 106 Å². The first-order valence-corrected chi connectivity index (χ1v) is 6.00. The van der Waals surface area contributed by atoms with Crippen LogP contribution in [0, 0.1) is 5.82 Å². The van der Waals surface area contributed by atoms with E-state index in [9.17, 15) is 4.39 Å². The molecule has 1 aromatic carbocycles. The van der Waals surface area contributed by atoms with E-state index >= 15 is 0 Å². The fourth-order valence-electron chi connectivity index (χ4n) is 1.33. The highest BCUT2D eigenvalue weighted by molar-refractivity contribution is 9.10. The number of halogens is 3. The monoisotopic (exact) mass is 303 g/mol. The van der Waals surface area contributed by atoms with Gasteiger partial charge in [-0.1, -0.05) is 6.07 Å². The van der Waals surface area contributed by atoms with Crippen LogP contribution in [0.2, 0.25) is 0 Å². The summed E-state index contributed by atoms with van der Waals surface area (Å²) in [6, 6.07) is 5.02. The molecule has 0 saturated heterocycles. The van der Waals surface area contributed by atoms with Crippen molar-refractivity contribution in [3.63, 3.8) is 0 Å². The lowest BCUT2D eigenvalue weighted by molar-refractivity contribution is 0.510. The van der Waals surface area contributed by atoms with E-state index in [2.05, 4.69) is 20.9 Å². The van der Waals surface area contributed by atoms with Crippen molar-refractivity contribution < 1.29 is 8.81 Å². The normalized spacial score (nSPS) is 10.7. The second kappa shape index (κ2) is 4.97. The summed E-state index contributed by atoms with van der Waals surface area (Å²) in [5.74, 6) is 1.01. The summed E-state index contributed by atoms with van der Waals surface area (Å²) < 4.78 is 19.5. The van der Waals surface area contributed by atoms with Gasteiger partial charge in [0.25, 0.3) is 0 Å². The summed E-state index contributed by atoms with van der Waals surface area (Å²) in [5.41, 5.74) is 0.391. The van der Waals surface area contributed by atoms with Crippen LogP contribution in [0.1, 0.15) is 5.89 Å². The molecule has 1 aromatic heterocycles. The van der Waals surface area contributed by atoms with Gasteiger partial charge in [-0.2, -0.15) is 0 Å². The van der Waals surface area contributed by atoms with Crippen molar-refractivity contribution in [3.8, 4) is 11.3 Å². The lowest BCUT2D eigenvalue weighted by Gasteiger charge is -2.00. The van der Waals surface area contributed by atoms with Crippen molar-refractivity contribution in [2.24, 2.45) is 0 Å². The first-order valence-electron chi connectivity index (χ1n) is 4.67. The highest BCUT2D eigenvalue weighted by Crippen LogP contribution is 2.28. The zero-order valence-corrected chi connectivity index (χ0v) is 10.6. The Kier molecular flexibility index (Phi) is 3.61. The van der Waals surface area contributed by atoms with E-state index in [1.165, 1.54) is 6.20 Å². The van der Waals surface area contributed by atoms with Crippen molar-refractivity contribution in [3.05, 3.63) is 40.6 Å². The molecule has 0 spiro atoms. The van der Waals surface area contributed by atoms with Gasteiger partial charge in [-0.05, 0) is 28.1 Å². The van der Waals surface area contributed by atoms with Crippen LogP contribution in [0.4, 0.5) is 4.39 Å². The van der Waals surface area contributed by atoms with E-state index in [0.717, 1.165) is 0 Å². The van der Waals surface area contributed by atoms with Gasteiger partial charge >= 0.3 is 0 Å². The van der Waals surface area contributed by atoms with Crippen LogP contribution in [0.3, 0.4) is 0 Å². The first-order chi connectivity index (χ1) is 7.72. The molecule has 2 nitrogen and oxygen atoms in total. The van der Waals surface area contributed by atoms with Gasteiger partial charge in [0.15, 0.2) is 11.7 Å². The van der Waals surface area contributed by atoms with E-state index < -0.39 is 0 Å². The molecule has 0 aliphatic carbocycles. The van der Waals surface area contributed by atoms with Gasteiger partial charge < -0.3 is 4.42 Å². The molecule has 0 atom stereocenters. The number of alkyl halides is 1. The van der Waals surface area contributed by atoms with E-state index in [4.69, 9.17) is 16.0 Å². The topological polar surface area (TPSA) is 26.0 Å². The van der Waals surface area contributed by atoms with Gasteiger partial charge in [-0.3, -0.25) is 0 Å². The van der Waals surface area contributed by atoms with E-state index in [1.54, 1.807) is 18.2 Å². The minimum absolute atomic E-state index is 0.351. The maximum atomic E-state index is 13.7. The van der Waals surface area contributed by atoms with Crippen molar-refractivity contribution in [2.75, 3.05) is 5.88 Å². The molecule has 0 radical (unpaired) electrons. The maximum absolute atomic E-state index is 13.7. The predicted molar refractivity (Wildman–Crippen MR) is 64.0 cm³/mol. The zero-order chi connectivity index (χ0) is 11.5. The largest absolute Gasteiger partial charge is 0.441 e. The predicted octanol–water partition coefficient (Wildman–Crippen LogP) is 4.02. The summed E-state index contributed by atoms with van der Waals surface area (Å²) >= 11 is 8.69. The molecule has 84 valence electrons. The lowest BCUT2D eigenvalue weighted by Crippen LogP contribution is -1.84. The quantitative estimate of drug-likeness (QED) is 0.800. The second-order valence-corrected chi connectivity index (χ2v) is 4.39. The van der Waals surface area contributed by atoms with Crippen LogP contribution >= 0.6 is 27.5 Å². The molecule has 16 heavy (non-hydrogen) atoms. The number of rotatable bonds is 3. The van der Waals surface area contributed by atoms with Crippen molar-refractivity contribution in [1.82, 2.24) is 4.98 Å². The van der Waals surface area contributed by atoms with Gasteiger partial charge in [-0.25, -0.2) is 9.37 Å². The van der Waals surface area contributed by atoms with E-state index in [0.29, 0.717) is 34.0 Å². The van der Waals surface area contributed by atoms with E-state index in [-0.39, 0.29) is 5.82 Å². The molecule has 2 aromatic rings. The smallest absolute Gasteiger partial charge is 0.196 e. The van der Waals surface area contributed by atoms with Gasteiger partial charge in [-0.15, -0.1) is 11.6 Å². The number of benzene rings is 1. The molecule has 0 aliphatic heterocycles. The van der Waals surface area contributed by atoms with Crippen molar-refractivity contribution in [2.45, 2.75) is 6.42 Å². The minimum Gasteiger partial charge on any atom is -0.441 e. The lowest BCUT2D eigenvalue weighted by atomic mass is 10.2. The summed E-state index contributed by atoms with van der Waals surface area (Å²) in [6.07, 6.45) is 2.05. The van der Waals surface area contributed by atoms with Crippen LogP contribution in [0.25, 0.3) is 11.3 Å². The molecule has 0 aliphatic rings. The number of aryl methyl sites for hydroxylation is 1. The first kappa shape index (κ1) is 11.6. The van der Waals surface area contributed by atoms with Crippen LogP contribution < -0.4 is 0 Å². The Morgan fingerprint density at radius 2 is 2.25 bits per heavy atom. The fourth-order valence-corrected chi connectivity index (χ4v) is 1.85. The molecule has 0 amide bonds. The molecular formula is C11H8BrClFNO. The minimum atomic E-state index is -0.351. The van der Waals surface area contributed by atoms with Gasteiger partial charge in [0, 0.05) is 12.3 Å². The van der Waals surface area contributed by atoms with Crippen LogP contribution in [-0.2, 0) is 6.42 Å². The summed E-state index contributed by atoms with van der Waals surface area (Å²) in [7, 11) is 0. The Morgan fingerprint density at radius 3 is 3.00 bits per heavy atom. The number of oxazole rings is 1. The molecule has 0 fully saturated rings. The molecule has 2 rings (SSSR count). The molecule has 0 N–H and O–H groups in total. The summed E-state index contributed by atoms with van der Waals surface area (Å²) in [4.78, 5) is 4.02. The fraction of sp³-hybridized carbons (Fsp3) is 0.182. The third kappa shape index (κ3) is 2.28. The standard InChI is InChI=1S/C11H8BrClFNO/c12-8-3-1-2-7(11(8)14)9-6-15-10(16-9)4-5-13/h1-3,6H,4-5H2. The Hall–Kier alpha value is -0.870. The molecular weight excluding hydrogens is 296 g/mol. The second-order valence-electron chi connectivity index (χ2n) is 3.16. The third-order valence-corrected chi connectivity index (χ3v) is 2.88. The van der Waals surface area contributed by atoms with Crippen molar-refractivity contribution >= 4 is 27.5 Å². The van der Waals surface area contributed by atoms with Gasteiger partial charge in [0.05, 0.1) is 16.2 Å². The average molecular weight is 305 g/mol. The van der Waals surface area contributed by atoms with E-state index in [1.807, 2.05) is 0 Å². The highest BCUT2D eigenvalue weighted by Gasteiger charge is 2.12. The molecule has 0 bridgehead atoms. The zero-order valence-electron chi connectivity index (χ0n) is 8.21. The van der Waals surface area contributed by atoms with Gasteiger partial charge in [0.2, 0.25) is 0 Å². The molecule has 0 unspecified atom stereocenters. The van der Waals surface area contributed by atoms with Crippen LogP contribution in [0.5, 0.6) is 0 Å². The summed E-state index contributed by atoms with van der Waals surface area (Å²) in [6.45, 7) is 0. The van der Waals surface area contributed by atoms with Gasteiger partial charge in [0.1, 0.15) is 5.82 Å². The Bertz CT molecular complexity index is 500. The number of hydrogen-bond acceptors (Lipinski definition) is 2. The average Bonchev–Trinajstić information content (AvgIpc) is 2.71. The van der Waals surface area contributed by atoms with Crippen molar-refractivity contribution in [1.29, 1.82) is 0 Å². The van der Waals surface area contributed by atoms with Crippen LogP contribution in [-0.4, -0.2) is 10.9 Å². The number of nitrogens with zero attached hydrogens (tertiary/aromatic N) is 1. The molecule has 5 heteroatoms. The summed E-state index contributed by atoms with van der Waals surface area (Å²) in [5, 5.41) is 0. The third-order valence-electron chi connectivity index (χ3n) is 2.08. The van der Waals surface area contributed by atoms with Crippen LogP contribution in [0.15, 0.2) is 33.3 Å². The Balaban J connectivity index is 2.39. The maximum Gasteiger partial charge on any atom is 0.196 e. The SMILES string of the molecule is Fc1c(Br)cccc1-c1cnc(CCCl)o1. The Morgan fingerprint density at radius 1 is 1.44 bits per heavy atom. The number of hydrogen-bond donors (Lipinski definition) is 0. The highest BCUT2D eigenvalue weighted by atomic mass is 79.9. The molecule has 0 saturated carbocycles.